The molecule has 9 heteroatoms. The zero-order valence-electron chi connectivity index (χ0n) is 17.9. The number of fused-ring (bicyclic) bond motifs is 1. The van der Waals surface area contributed by atoms with Crippen molar-refractivity contribution in [2.24, 2.45) is 0 Å². The van der Waals surface area contributed by atoms with Crippen LogP contribution >= 0.6 is 0 Å². The molecule has 2 amide bonds. The van der Waals surface area contributed by atoms with Crippen LogP contribution in [0, 0.1) is 0 Å². The second kappa shape index (κ2) is 7.93. The van der Waals surface area contributed by atoms with E-state index >= 15 is 0 Å². The molecular formula is C22H28N2O6S. The van der Waals surface area contributed by atoms with Crippen LogP contribution in [0.25, 0.3) is 0 Å². The average molecular weight is 449 g/mol. The number of nitrogens with zero attached hydrogens (tertiary/aromatic N) is 2. The average Bonchev–Trinajstić information content (AvgIpc) is 3.03. The third kappa shape index (κ3) is 4.20. The van der Waals surface area contributed by atoms with E-state index < -0.39 is 21.5 Å². The first-order valence-corrected chi connectivity index (χ1v) is 12.5. The number of carbonyl (C=O) groups is 3. The van der Waals surface area contributed by atoms with E-state index in [0.717, 1.165) is 0 Å². The van der Waals surface area contributed by atoms with Crippen LogP contribution in [0.15, 0.2) is 24.3 Å². The third-order valence-electron chi connectivity index (χ3n) is 6.85. The van der Waals surface area contributed by atoms with Gasteiger partial charge in [-0.3, -0.25) is 14.4 Å². The Hall–Kier alpha value is -2.42. The minimum absolute atomic E-state index is 0.00838. The fourth-order valence-corrected chi connectivity index (χ4v) is 6.65. The molecule has 3 atom stereocenters. The lowest BCUT2D eigenvalue weighted by Crippen LogP contribution is -2.51. The number of likely N-dealkylation sites (N-methyl/N-ethyl adjacent to an activating group) is 1. The number of para-hydroxylation sites is 1. The van der Waals surface area contributed by atoms with Crippen molar-refractivity contribution in [1.82, 2.24) is 9.80 Å². The number of ketones is 1. The lowest BCUT2D eigenvalue weighted by molar-refractivity contribution is -0.145. The van der Waals surface area contributed by atoms with Crippen molar-refractivity contribution >= 4 is 27.4 Å². The van der Waals surface area contributed by atoms with E-state index in [2.05, 4.69) is 0 Å². The van der Waals surface area contributed by atoms with E-state index in [9.17, 15) is 22.8 Å². The standard InChI is InChI=1S/C22H28N2O6S/c1-15(21(27)23(2)16-8-12-31(28,29)14-16)24-11-10-22(9-7-20(24)26)13-18(25)17-5-3-4-6-19(17)30-22/h3-6,15-16H,7-14H2,1-2H3. The SMILES string of the molecule is CC(C(=O)N(C)C1CCS(=O)(=O)C1)N1CCC2(CCC1=O)CC(=O)c1ccccc1O2. The van der Waals surface area contributed by atoms with Crippen molar-refractivity contribution in [1.29, 1.82) is 0 Å². The molecule has 3 heterocycles. The fourth-order valence-electron chi connectivity index (χ4n) is 4.87. The van der Waals surface area contributed by atoms with Crippen molar-refractivity contribution in [3.05, 3.63) is 29.8 Å². The first-order chi connectivity index (χ1) is 14.6. The van der Waals surface area contributed by atoms with E-state index in [1.807, 2.05) is 6.07 Å². The molecule has 8 nitrogen and oxygen atoms in total. The van der Waals surface area contributed by atoms with Crippen LogP contribution in [0.3, 0.4) is 0 Å². The Labute approximate surface area is 182 Å². The van der Waals surface area contributed by atoms with Gasteiger partial charge in [0.25, 0.3) is 0 Å². The van der Waals surface area contributed by atoms with Crippen molar-refractivity contribution in [3.63, 3.8) is 0 Å². The Balaban J connectivity index is 1.47. The zero-order valence-corrected chi connectivity index (χ0v) is 18.7. The van der Waals surface area contributed by atoms with E-state index in [0.29, 0.717) is 37.1 Å². The topological polar surface area (TPSA) is 101 Å². The maximum Gasteiger partial charge on any atom is 0.245 e. The highest BCUT2D eigenvalue weighted by Gasteiger charge is 2.44. The molecule has 0 saturated carbocycles. The molecular weight excluding hydrogens is 420 g/mol. The van der Waals surface area contributed by atoms with Gasteiger partial charge in [0, 0.05) is 32.5 Å². The van der Waals surface area contributed by atoms with Crippen molar-refractivity contribution < 1.29 is 27.5 Å². The molecule has 0 aliphatic carbocycles. The number of hydrogen-bond acceptors (Lipinski definition) is 6. The van der Waals surface area contributed by atoms with Gasteiger partial charge < -0.3 is 14.5 Å². The molecule has 1 spiro atoms. The molecule has 168 valence electrons. The summed E-state index contributed by atoms with van der Waals surface area (Å²) in [5.74, 6) is 0.188. The first-order valence-electron chi connectivity index (χ1n) is 10.7. The molecule has 0 bridgehead atoms. The number of likely N-dealkylation sites (tertiary alicyclic amines) is 1. The van der Waals surface area contributed by atoms with Crippen molar-refractivity contribution in [3.8, 4) is 5.75 Å². The Morgan fingerprint density at radius 1 is 1.26 bits per heavy atom. The van der Waals surface area contributed by atoms with Crippen LogP contribution in [-0.2, 0) is 19.4 Å². The van der Waals surface area contributed by atoms with Crippen LogP contribution in [0.4, 0.5) is 0 Å². The Bertz CT molecular complexity index is 1020. The van der Waals surface area contributed by atoms with Gasteiger partial charge in [-0.1, -0.05) is 12.1 Å². The summed E-state index contributed by atoms with van der Waals surface area (Å²) in [6, 6.07) is 6.08. The van der Waals surface area contributed by atoms with Gasteiger partial charge >= 0.3 is 0 Å². The van der Waals surface area contributed by atoms with Crippen LogP contribution in [-0.4, -0.2) is 78.6 Å². The summed E-state index contributed by atoms with van der Waals surface area (Å²) >= 11 is 0. The lowest BCUT2D eigenvalue weighted by atomic mass is 9.84. The largest absolute Gasteiger partial charge is 0.486 e. The number of hydrogen-bond donors (Lipinski definition) is 0. The summed E-state index contributed by atoms with van der Waals surface area (Å²) in [5.41, 5.74) is -0.179. The zero-order chi connectivity index (χ0) is 22.4. The van der Waals surface area contributed by atoms with Crippen LogP contribution in [0.1, 0.15) is 49.4 Å². The molecule has 3 aliphatic rings. The molecule has 31 heavy (non-hydrogen) atoms. The van der Waals surface area contributed by atoms with Crippen molar-refractivity contribution in [2.75, 3.05) is 25.1 Å². The Kier molecular flexibility index (Phi) is 5.57. The van der Waals surface area contributed by atoms with E-state index in [4.69, 9.17) is 4.74 Å². The molecule has 3 unspecified atom stereocenters. The molecule has 1 aromatic carbocycles. The van der Waals surface area contributed by atoms with E-state index in [1.54, 1.807) is 37.1 Å². The van der Waals surface area contributed by atoms with Gasteiger partial charge in [-0.2, -0.15) is 0 Å². The maximum absolute atomic E-state index is 13.0. The highest BCUT2D eigenvalue weighted by atomic mass is 32.2. The van der Waals surface area contributed by atoms with Gasteiger partial charge in [0.1, 0.15) is 17.4 Å². The predicted octanol–water partition coefficient (Wildman–Crippen LogP) is 1.44. The number of carbonyl (C=O) groups excluding carboxylic acids is 3. The summed E-state index contributed by atoms with van der Waals surface area (Å²) in [5, 5.41) is 0. The van der Waals surface area contributed by atoms with Gasteiger partial charge in [0.15, 0.2) is 15.6 Å². The minimum Gasteiger partial charge on any atom is -0.486 e. The Morgan fingerprint density at radius 2 is 2.00 bits per heavy atom. The summed E-state index contributed by atoms with van der Waals surface area (Å²) in [4.78, 5) is 41.6. The van der Waals surface area contributed by atoms with Gasteiger partial charge in [-0.15, -0.1) is 0 Å². The number of benzene rings is 1. The summed E-state index contributed by atoms with van der Waals surface area (Å²) < 4.78 is 29.8. The van der Waals surface area contributed by atoms with Crippen LogP contribution in [0.2, 0.25) is 0 Å². The van der Waals surface area contributed by atoms with E-state index in [1.165, 1.54) is 4.90 Å². The molecule has 0 aromatic heterocycles. The monoisotopic (exact) mass is 448 g/mol. The molecule has 3 aliphatic heterocycles. The van der Waals surface area contributed by atoms with Crippen LogP contribution in [0.5, 0.6) is 5.75 Å². The van der Waals surface area contributed by atoms with Gasteiger partial charge in [-0.25, -0.2) is 8.42 Å². The first kappa shape index (κ1) is 21.8. The van der Waals surface area contributed by atoms with Gasteiger partial charge in [-0.05, 0) is 31.9 Å². The van der Waals surface area contributed by atoms with Crippen LogP contribution < -0.4 is 4.74 Å². The number of Topliss-reactive ketones (excluding diaryl/α,β-unsaturated/α-hetero) is 1. The third-order valence-corrected chi connectivity index (χ3v) is 8.60. The molecule has 0 radical (unpaired) electrons. The number of rotatable bonds is 3. The number of ether oxygens (including phenoxy) is 1. The number of amides is 2. The molecule has 0 N–H and O–H groups in total. The molecule has 2 fully saturated rings. The number of sulfone groups is 1. The van der Waals surface area contributed by atoms with Crippen molar-refractivity contribution in [2.45, 2.75) is 56.7 Å². The van der Waals surface area contributed by atoms with Gasteiger partial charge in [0.05, 0.1) is 23.5 Å². The lowest BCUT2D eigenvalue weighted by Gasteiger charge is -2.37. The molecule has 2 saturated heterocycles. The maximum atomic E-state index is 13.0. The highest BCUT2D eigenvalue weighted by Crippen LogP contribution is 2.39. The highest BCUT2D eigenvalue weighted by molar-refractivity contribution is 7.91. The minimum atomic E-state index is -3.11. The normalized spacial score (nSPS) is 28.6. The molecule has 4 rings (SSSR count). The molecule has 1 aromatic rings. The summed E-state index contributed by atoms with van der Waals surface area (Å²) in [6.07, 6.45) is 1.70. The Morgan fingerprint density at radius 3 is 2.71 bits per heavy atom. The van der Waals surface area contributed by atoms with Gasteiger partial charge in [0.2, 0.25) is 11.8 Å². The quantitative estimate of drug-likeness (QED) is 0.694. The second-order valence-electron chi connectivity index (χ2n) is 8.90. The smallest absolute Gasteiger partial charge is 0.245 e. The predicted molar refractivity (Wildman–Crippen MR) is 114 cm³/mol. The summed E-state index contributed by atoms with van der Waals surface area (Å²) in [7, 11) is -1.51. The van der Waals surface area contributed by atoms with E-state index in [-0.39, 0.29) is 48.0 Å². The summed E-state index contributed by atoms with van der Waals surface area (Å²) in [6.45, 7) is 1.98. The second-order valence-corrected chi connectivity index (χ2v) is 11.1. The fraction of sp³-hybridized carbons (Fsp3) is 0.591.